The maximum atomic E-state index is 9.56. The molecule has 0 spiro atoms. The molecule has 0 aliphatic heterocycles. The summed E-state index contributed by atoms with van der Waals surface area (Å²) in [7, 11) is 0. The SMILES string of the molecule is C=CC.CCC(C)(C)C.CCCCC=O. The zero-order valence-corrected chi connectivity index (χ0v) is 11.6. The van der Waals surface area contributed by atoms with Crippen molar-refractivity contribution in [2.45, 2.75) is 67.2 Å². The Kier molecular flexibility index (Phi) is 21.1. The third-order valence-electron chi connectivity index (χ3n) is 1.74. The Balaban J connectivity index is -0.000000153. The van der Waals surface area contributed by atoms with E-state index in [0.29, 0.717) is 5.41 Å². The largest absolute Gasteiger partial charge is 0.303 e. The minimum absolute atomic E-state index is 0.542. The van der Waals surface area contributed by atoms with Crippen molar-refractivity contribution >= 4 is 6.29 Å². The molecule has 0 N–H and O–H groups in total. The van der Waals surface area contributed by atoms with Crippen LogP contribution in [0.25, 0.3) is 0 Å². The van der Waals surface area contributed by atoms with Gasteiger partial charge in [0.25, 0.3) is 0 Å². The molecule has 0 fully saturated rings. The summed E-state index contributed by atoms with van der Waals surface area (Å²) in [6.45, 7) is 16.3. The highest BCUT2D eigenvalue weighted by Crippen LogP contribution is 2.16. The van der Waals surface area contributed by atoms with Gasteiger partial charge in [-0.1, -0.05) is 53.5 Å². The first-order valence-electron chi connectivity index (χ1n) is 5.90. The van der Waals surface area contributed by atoms with Gasteiger partial charge in [-0.05, 0) is 18.8 Å². The maximum absolute atomic E-state index is 9.56. The molecule has 92 valence electrons. The van der Waals surface area contributed by atoms with Crippen LogP contribution < -0.4 is 0 Å². The summed E-state index contributed by atoms with van der Waals surface area (Å²) in [6, 6.07) is 0. The van der Waals surface area contributed by atoms with Gasteiger partial charge < -0.3 is 4.79 Å². The van der Waals surface area contributed by atoms with E-state index in [0.717, 1.165) is 25.5 Å². The molecule has 1 heteroatoms. The van der Waals surface area contributed by atoms with Crippen LogP contribution in [0.3, 0.4) is 0 Å². The second-order valence-corrected chi connectivity index (χ2v) is 4.63. The minimum Gasteiger partial charge on any atom is -0.303 e. The zero-order chi connectivity index (χ0) is 12.7. The lowest BCUT2D eigenvalue weighted by Gasteiger charge is -2.12. The summed E-state index contributed by atoms with van der Waals surface area (Å²) in [6.07, 6.45) is 6.88. The lowest BCUT2D eigenvalue weighted by atomic mass is 9.94. The van der Waals surface area contributed by atoms with Gasteiger partial charge >= 0.3 is 0 Å². The van der Waals surface area contributed by atoms with Crippen LogP contribution in [-0.4, -0.2) is 6.29 Å². The van der Waals surface area contributed by atoms with Crippen molar-refractivity contribution in [1.82, 2.24) is 0 Å². The number of unbranched alkanes of at least 4 members (excludes halogenated alkanes) is 2. The van der Waals surface area contributed by atoms with Crippen LogP contribution in [0.1, 0.15) is 67.2 Å². The Labute approximate surface area is 97.0 Å². The summed E-state index contributed by atoms with van der Waals surface area (Å²) in [5.74, 6) is 0. The Morgan fingerprint density at radius 2 is 1.53 bits per heavy atom. The molecular weight excluding hydrogens is 184 g/mol. The zero-order valence-electron chi connectivity index (χ0n) is 11.6. The molecule has 0 aliphatic carbocycles. The van der Waals surface area contributed by atoms with Crippen molar-refractivity contribution in [3.8, 4) is 0 Å². The highest BCUT2D eigenvalue weighted by Gasteiger charge is 2.03. The van der Waals surface area contributed by atoms with Crippen molar-refractivity contribution in [1.29, 1.82) is 0 Å². The van der Waals surface area contributed by atoms with Gasteiger partial charge in [0, 0.05) is 6.42 Å². The number of hydrogen-bond acceptors (Lipinski definition) is 1. The van der Waals surface area contributed by atoms with Gasteiger partial charge in [-0.25, -0.2) is 0 Å². The minimum atomic E-state index is 0.542. The van der Waals surface area contributed by atoms with E-state index in [1.165, 1.54) is 6.42 Å². The van der Waals surface area contributed by atoms with Crippen LogP contribution in [-0.2, 0) is 4.79 Å². The third-order valence-corrected chi connectivity index (χ3v) is 1.74. The van der Waals surface area contributed by atoms with Crippen LogP contribution in [0, 0.1) is 5.41 Å². The fourth-order valence-electron chi connectivity index (χ4n) is 0.287. The topological polar surface area (TPSA) is 17.1 Å². The van der Waals surface area contributed by atoms with Crippen LogP contribution >= 0.6 is 0 Å². The first kappa shape index (κ1) is 19.9. The lowest BCUT2D eigenvalue weighted by molar-refractivity contribution is -0.107. The molecule has 15 heavy (non-hydrogen) atoms. The van der Waals surface area contributed by atoms with E-state index in [9.17, 15) is 4.79 Å². The fraction of sp³-hybridized carbons (Fsp3) is 0.786. The Morgan fingerprint density at radius 3 is 1.60 bits per heavy atom. The molecule has 0 bridgehead atoms. The van der Waals surface area contributed by atoms with Crippen molar-refractivity contribution < 1.29 is 4.79 Å². The van der Waals surface area contributed by atoms with E-state index in [4.69, 9.17) is 0 Å². The molecule has 0 rings (SSSR count). The van der Waals surface area contributed by atoms with Crippen LogP contribution in [0.4, 0.5) is 0 Å². The molecule has 0 saturated carbocycles. The molecule has 0 atom stereocenters. The molecule has 1 nitrogen and oxygen atoms in total. The first-order chi connectivity index (χ1) is 6.89. The molecule has 0 aliphatic rings. The average Bonchev–Trinajstić information content (AvgIpc) is 2.16. The Bertz CT molecular complexity index is 120. The molecule has 0 radical (unpaired) electrons. The van der Waals surface area contributed by atoms with Gasteiger partial charge in [0.05, 0.1) is 0 Å². The summed E-state index contributed by atoms with van der Waals surface area (Å²) in [5, 5.41) is 0. The number of carbonyl (C=O) groups excluding carboxylic acids is 1. The Morgan fingerprint density at radius 1 is 1.20 bits per heavy atom. The highest BCUT2D eigenvalue weighted by atomic mass is 16.1. The smallest absolute Gasteiger partial charge is 0.119 e. The van der Waals surface area contributed by atoms with Crippen LogP contribution in [0.2, 0.25) is 0 Å². The fourth-order valence-corrected chi connectivity index (χ4v) is 0.287. The standard InChI is InChI=1S/C6H14.C5H10O.C3H6/c1-5-6(2,3)4;1-2-3-4-5-6;1-3-2/h5H2,1-4H3;5H,2-4H2,1H3;3H,1H2,2H3. The van der Waals surface area contributed by atoms with Gasteiger partial charge in [0.1, 0.15) is 6.29 Å². The summed E-state index contributed by atoms with van der Waals surface area (Å²) >= 11 is 0. The molecule has 0 aromatic carbocycles. The molecule has 0 aromatic rings. The van der Waals surface area contributed by atoms with E-state index in [1.54, 1.807) is 6.08 Å². The van der Waals surface area contributed by atoms with Crippen molar-refractivity contribution in [2.75, 3.05) is 0 Å². The quantitative estimate of drug-likeness (QED) is 0.366. The number of hydrogen-bond donors (Lipinski definition) is 0. The number of allylic oxidation sites excluding steroid dienone is 1. The van der Waals surface area contributed by atoms with E-state index < -0.39 is 0 Å². The first-order valence-corrected chi connectivity index (χ1v) is 5.90. The lowest BCUT2D eigenvalue weighted by Crippen LogP contribution is -2.00. The summed E-state index contributed by atoms with van der Waals surface area (Å²) in [5.41, 5.74) is 0.542. The van der Waals surface area contributed by atoms with E-state index >= 15 is 0 Å². The van der Waals surface area contributed by atoms with E-state index in [2.05, 4.69) is 41.2 Å². The number of rotatable bonds is 3. The Hall–Kier alpha value is -0.590. The highest BCUT2D eigenvalue weighted by molar-refractivity contribution is 5.48. The molecular formula is C14H30O. The summed E-state index contributed by atoms with van der Waals surface area (Å²) < 4.78 is 0. The van der Waals surface area contributed by atoms with Crippen LogP contribution in [0.5, 0.6) is 0 Å². The van der Waals surface area contributed by atoms with Crippen LogP contribution in [0.15, 0.2) is 12.7 Å². The van der Waals surface area contributed by atoms with Crippen molar-refractivity contribution in [3.63, 3.8) is 0 Å². The predicted octanol–water partition coefficient (Wildman–Crippen LogP) is 5.01. The second-order valence-electron chi connectivity index (χ2n) is 4.63. The van der Waals surface area contributed by atoms with Gasteiger partial charge in [-0.2, -0.15) is 0 Å². The molecule has 0 aromatic heterocycles. The van der Waals surface area contributed by atoms with Crippen molar-refractivity contribution in [3.05, 3.63) is 12.7 Å². The third kappa shape index (κ3) is 59.6. The van der Waals surface area contributed by atoms with Gasteiger partial charge in [-0.3, -0.25) is 0 Å². The van der Waals surface area contributed by atoms with Gasteiger partial charge in [0.15, 0.2) is 0 Å². The average molecular weight is 214 g/mol. The monoisotopic (exact) mass is 214 g/mol. The summed E-state index contributed by atoms with van der Waals surface area (Å²) in [4.78, 5) is 9.56. The second kappa shape index (κ2) is 15.9. The normalized spacial score (nSPS) is 8.93. The van der Waals surface area contributed by atoms with E-state index in [-0.39, 0.29) is 0 Å². The van der Waals surface area contributed by atoms with Gasteiger partial charge in [-0.15, -0.1) is 6.58 Å². The van der Waals surface area contributed by atoms with Crippen molar-refractivity contribution in [2.24, 2.45) is 5.41 Å². The van der Waals surface area contributed by atoms with E-state index in [1.807, 2.05) is 6.92 Å². The number of carbonyl (C=O) groups is 1. The molecule has 0 saturated heterocycles. The predicted molar refractivity (Wildman–Crippen MR) is 71.2 cm³/mol. The number of aldehydes is 1. The molecule has 0 amide bonds. The molecule has 0 unspecified atom stereocenters. The molecule has 0 heterocycles. The maximum Gasteiger partial charge on any atom is 0.119 e. The van der Waals surface area contributed by atoms with Gasteiger partial charge in [0.2, 0.25) is 0 Å².